The predicted octanol–water partition coefficient (Wildman–Crippen LogP) is 1.31. The van der Waals surface area contributed by atoms with Gasteiger partial charge in [0.05, 0.1) is 6.42 Å². The molecule has 0 aliphatic rings. The standard InChI is InChI=1S/C12H12ClNO5/c1-6-2-3-7(13)4-8(6)11(17)14-9(12(18)19)5-10(15)16/h2-4,9H,5H2,1H3,(H,14,17)(H,15,16)(H,18,19)/t9-/m0/s1. The lowest BCUT2D eigenvalue weighted by Gasteiger charge is -2.13. The molecule has 0 fully saturated rings. The number of carbonyl (C=O) groups excluding carboxylic acids is 1. The van der Waals surface area contributed by atoms with E-state index in [4.69, 9.17) is 21.8 Å². The fraction of sp³-hybridized carbons (Fsp3) is 0.250. The summed E-state index contributed by atoms with van der Waals surface area (Å²) in [6.07, 6.45) is -0.694. The molecule has 0 aliphatic heterocycles. The van der Waals surface area contributed by atoms with Crippen molar-refractivity contribution in [3.63, 3.8) is 0 Å². The molecule has 3 N–H and O–H groups in total. The van der Waals surface area contributed by atoms with Crippen LogP contribution >= 0.6 is 11.6 Å². The van der Waals surface area contributed by atoms with Crippen molar-refractivity contribution in [2.24, 2.45) is 0 Å². The highest BCUT2D eigenvalue weighted by Crippen LogP contribution is 2.15. The monoisotopic (exact) mass is 285 g/mol. The zero-order valence-electron chi connectivity index (χ0n) is 10.0. The fourth-order valence-corrected chi connectivity index (χ4v) is 1.62. The van der Waals surface area contributed by atoms with E-state index in [1.54, 1.807) is 19.1 Å². The van der Waals surface area contributed by atoms with Gasteiger partial charge in [-0.05, 0) is 24.6 Å². The Labute approximate surface area is 114 Å². The summed E-state index contributed by atoms with van der Waals surface area (Å²) >= 11 is 5.75. The number of aryl methyl sites for hydroxylation is 1. The van der Waals surface area contributed by atoms with Gasteiger partial charge < -0.3 is 15.5 Å². The van der Waals surface area contributed by atoms with Crippen LogP contribution in [0.4, 0.5) is 0 Å². The number of carboxylic acid groups (broad SMARTS) is 2. The molecule has 0 heterocycles. The largest absolute Gasteiger partial charge is 0.481 e. The van der Waals surface area contributed by atoms with E-state index < -0.39 is 30.3 Å². The first kappa shape index (κ1) is 15.0. The van der Waals surface area contributed by atoms with Crippen molar-refractivity contribution >= 4 is 29.4 Å². The van der Waals surface area contributed by atoms with Crippen molar-refractivity contribution in [2.45, 2.75) is 19.4 Å². The maximum atomic E-state index is 11.9. The molecule has 0 radical (unpaired) electrons. The van der Waals surface area contributed by atoms with Gasteiger partial charge in [-0.1, -0.05) is 17.7 Å². The minimum atomic E-state index is -1.48. The third-order valence-corrected chi connectivity index (χ3v) is 2.66. The van der Waals surface area contributed by atoms with Crippen LogP contribution in [0.1, 0.15) is 22.3 Å². The Balaban J connectivity index is 2.90. The van der Waals surface area contributed by atoms with Gasteiger partial charge in [0.25, 0.3) is 5.91 Å². The third kappa shape index (κ3) is 4.26. The fourth-order valence-electron chi connectivity index (χ4n) is 1.45. The van der Waals surface area contributed by atoms with Crippen LogP contribution in [0.2, 0.25) is 5.02 Å². The molecular weight excluding hydrogens is 274 g/mol. The molecule has 1 amide bonds. The topological polar surface area (TPSA) is 104 Å². The maximum Gasteiger partial charge on any atom is 0.326 e. The minimum absolute atomic E-state index is 0.212. The highest BCUT2D eigenvalue weighted by atomic mass is 35.5. The Bertz CT molecular complexity index is 529. The van der Waals surface area contributed by atoms with Gasteiger partial charge in [-0.15, -0.1) is 0 Å². The smallest absolute Gasteiger partial charge is 0.326 e. The first-order valence-electron chi connectivity index (χ1n) is 5.33. The summed E-state index contributed by atoms with van der Waals surface area (Å²) in [4.78, 5) is 33.3. The van der Waals surface area contributed by atoms with Gasteiger partial charge in [-0.2, -0.15) is 0 Å². The minimum Gasteiger partial charge on any atom is -0.481 e. The van der Waals surface area contributed by atoms with Crippen LogP contribution in [0.3, 0.4) is 0 Å². The number of benzene rings is 1. The van der Waals surface area contributed by atoms with Crippen molar-refractivity contribution in [3.05, 3.63) is 34.3 Å². The molecule has 0 aromatic heterocycles. The number of hydrogen-bond acceptors (Lipinski definition) is 3. The lowest BCUT2D eigenvalue weighted by atomic mass is 10.1. The molecule has 0 spiro atoms. The molecule has 102 valence electrons. The van der Waals surface area contributed by atoms with E-state index in [0.717, 1.165) is 0 Å². The Morgan fingerprint density at radius 2 is 1.95 bits per heavy atom. The molecule has 19 heavy (non-hydrogen) atoms. The van der Waals surface area contributed by atoms with E-state index in [0.29, 0.717) is 10.6 Å². The van der Waals surface area contributed by atoms with E-state index in [9.17, 15) is 14.4 Å². The molecule has 1 atom stereocenters. The Hall–Kier alpha value is -2.08. The first-order valence-corrected chi connectivity index (χ1v) is 5.70. The lowest BCUT2D eigenvalue weighted by Crippen LogP contribution is -2.42. The highest BCUT2D eigenvalue weighted by Gasteiger charge is 2.24. The Morgan fingerprint density at radius 3 is 2.47 bits per heavy atom. The second kappa shape index (κ2) is 6.19. The number of hydrogen-bond donors (Lipinski definition) is 3. The Kier molecular flexibility index (Phi) is 4.88. The number of carboxylic acids is 2. The van der Waals surface area contributed by atoms with Crippen LogP contribution in [0, 0.1) is 6.92 Å². The third-order valence-electron chi connectivity index (χ3n) is 2.43. The summed E-state index contributed by atoms with van der Waals surface area (Å²) < 4.78 is 0. The van der Waals surface area contributed by atoms with Gasteiger partial charge >= 0.3 is 11.9 Å². The van der Waals surface area contributed by atoms with Gasteiger partial charge in [0.2, 0.25) is 0 Å². The number of amides is 1. The van der Waals surface area contributed by atoms with Crippen molar-refractivity contribution in [1.29, 1.82) is 0 Å². The zero-order chi connectivity index (χ0) is 14.6. The highest BCUT2D eigenvalue weighted by molar-refractivity contribution is 6.31. The van der Waals surface area contributed by atoms with Gasteiger partial charge in [0.1, 0.15) is 6.04 Å². The van der Waals surface area contributed by atoms with Crippen molar-refractivity contribution in [3.8, 4) is 0 Å². The first-order chi connectivity index (χ1) is 8.81. The molecule has 0 unspecified atom stereocenters. The van der Waals surface area contributed by atoms with Gasteiger partial charge in [-0.3, -0.25) is 9.59 Å². The van der Waals surface area contributed by atoms with Crippen molar-refractivity contribution in [2.75, 3.05) is 0 Å². The molecule has 6 nitrogen and oxygen atoms in total. The summed E-state index contributed by atoms with van der Waals surface area (Å²) in [6.45, 7) is 1.66. The van der Waals surface area contributed by atoms with Crippen LogP contribution in [-0.2, 0) is 9.59 Å². The average Bonchev–Trinajstić information content (AvgIpc) is 2.30. The second-order valence-corrected chi connectivity index (χ2v) is 4.36. The van der Waals surface area contributed by atoms with Gasteiger partial charge in [-0.25, -0.2) is 4.79 Å². The summed E-state index contributed by atoms with van der Waals surface area (Å²) in [6, 6.07) is 3.12. The molecule has 1 rings (SSSR count). The van der Waals surface area contributed by atoms with E-state index in [1.807, 2.05) is 0 Å². The normalized spacial score (nSPS) is 11.7. The number of nitrogens with one attached hydrogen (secondary N) is 1. The second-order valence-electron chi connectivity index (χ2n) is 3.92. The average molecular weight is 286 g/mol. The SMILES string of the molecule is Cc1ccc(Cl)cc1C(=O)N[C@@H](CC(=O)O)C(=O)O. The summed E-state index contributed by atoms with van der Waals surface area (Å²) in [5, 5.41) is 19.9. The summed E-state index contributed by atoms with van der Waals surface area (Å²) in [5.74, 6) is -3.39. The number of halogens is 1. The van der Waals surface area contributed by atoms with Crippen molar-refractivity contribution in [1.82, 2.24) is 5.32 Å². The van der Waals surface area contributed by atoms with Crippen LogP contribution in [0.15, 0.2) is 18.2 Å². The number of carbonyl (C=O) groups is 3. The molecule has 0 aliphatic carbocycles. The molecular formula is C12H12ClNO5. The van der Waals surface area contributed by atoms with Crippen LogP contribution in [0.5, 0.6) is 0 Å². The quantitative estimate of drug-likeness (QED) is 0.756. The van der Waals surface area contributed by atoms with E-state index >= 15 is 0 Å². The van der Waals surface area contributed by atoms with Gasteiger partial charge in [0, 0.05) is 10.6 Å². The van der Waals surface area contributed by atoms with Gasteiger partial charge in [0.15, 0.2) is 0 Å². The molecule has 0 bridgehead atoms. The van der Waals surface area contributed by atoms with E-state index in [1.165, 1.54) is 6.07 Å². The van der Waals surface area contributed by atoms with E-state index in [-0.39, 0.29) is 5.56 Å². The summed E-state index contributed by atoms with van der Waals surface area (Å²) in [7, 11) is 0. The lowest BCUT2D eigenvalue weighted by molar-refractivity contribution is -0.145. The number of rotatable bonds is 5. The number of aliphatic carboxylic acids is 2. The maximum absolute atomic E-state index is 11.9. The molecule has 1 aromatic carbocycles. The van der Waals surface area contributed by atoms with Crippen LogP contribution < -0.4 is 5.32 Å². The summed E-state index contributed by atoms with van der Waals surface area (Å²) in [5.41, 5.74) is 0.825. The molecule has 0 saturated heterocycles. The zero-order valence-corrected chi connectivity index (χ0v) is 10.8. The molecule has 7 heteroatoms. The molecule has 1 aromatic rings. The van der Waals surface area contributed by atoms with Crippen molar-refractivity contribution < 1.29 is 24.6 Å². The van der Waals surface area contributed by atoms with Crippen LogP contribution in [0.25, 0.3) is 0 Å². The van der Waals surface area contributed by atoms with Crippen LogP contribution in [-0.4, -0.2) is 34.1 Å². The predicted molar refractivity (Wildman–Crippen MR) is 67.3 cm³/mol. The Morgan fingerprint density at radius 1 is 1.32 bits per heavy atom. The van der Waals surface area contributed by atoms with E-state index in [2.05, 4.69) is 5.32 Å². The molecule has 0 saturated carbocycles.